The van der Waals surface area contributed by atoms with Crippen LogP contribution in [-0.4, -0.2) is 27.9 Å². The van der Waals surface area contributed by atoms with Crippen LogP contribution in [0.5, 0.6) is 0 Å². The van der Waals surface area contributed by atoms with E-state index in [2.05, 4.69) is 10.5 Å². The van der Waals surface area contributed by atoms with Gasteiger partial charge < -0.3 is 10.2 Å². The van der Waals surface area contributed by atoms with E-state index in [9.17, 15) is 9.59 Å². The van der Waals surface area contributed by atoms with Gasteiger partial charge in [0.1, 0.15) is 5.71 Å². The lowest BCUT2D eigenvalue weighted by atomic mass is 10.2. The van der Waals surface area contributed by atoms with E-state index < -0.39 is 11.9 Å². The third-order valence-electron chi connectivity index (χ3n) is 1.92. The quantitative estimate of drug-likeness (QED) is 0.512. The van der Waals surface area contributed by atoms with Gasteiger partial charge in [-0.05, 0) is 12.1 Å². The standard InChI is InChI=1S/C11H12N2O4/c14-10(15)7-6-9(11(16)17)13-12-8-4-2-1-3-5-8/h1-5,12H,6-7H2,(H,14,15)(H,16,17)/b13-9-. The number of hydrogen-bond donors (Lipinski definition) is 3. The Morgan fingerprint density at radius 3 is 2.29 bits per heavy atom. The molecule has 6 heteroatoms. The van der Waals surface area contributed by atoms with Crippen molar-refractivity contribution < 1.29 is 19.8 Å². The molecule has 6 nitrogen and oxygen atoms in total. The number of carboxylic acids is 2. The van der Waals surface area contributed by atoms with Gasteiger partial charge in [0.15, 0.2) is 0 Å². The molecule has 3 N–H and O–H groups in total. The van der Waals surface area contributed by atoms with E-state index in [-0.39, 0.29) is 18.6 Å². The van der Waals surface area contributed by atoms with Crippen molar-refractivity contribution in [2.75, 3.05) is 5.43 Å². The first-order valence-corrected chi connectivity index (χ1v) is 4.92. The summed E-state index contributed by atoms with van der Waals surface area (Å²) in [7, 11) is 0. The minimum Gasteiger partial charge on any atom is -0.481 e. The highest BCUT2D eigenvalue weighted by atomic mass is 16.4. The Labute approximate surface area is 97.6 Å². The number of hydrazone groups is 1. The zero-order valence-corrected chi connectivity index (χ0v) is 8.96. The van der Waals surface area contributed by atoms with Crippen LogP contribution in [0.3, 0.4) is 0 Å². The Morgan fingerprint density at radius 1 is 1.12 bits per heavy atom. The highest BCUT2D eigenvalue weighted by Crippen LogP contribution is 2.05. The molecule has 0 heterocycles. The predicted molar refractivity (Wildman–Crippen MR) is 62.0 cm³/mol. The number of aliphatic carboxylic acids is 2. The van der Waals surface area contributed by atoms with Crippen LogP contribution in [-0.2, 0) is 9.59 Å². The maximum absolute atomic E-state index is 10.8. The van der Waals surface area contributed by atoms with Gasteiger partial charge in [0.05, 0.1) is 12.1 Å². The molecule has 0 saturated heterocycles. The van der Waals surface area contributed by atoms with Gasteiger partial charge in [-0.1, -0.05) is 18.2 Å². The lowest BCUT2D eigenvalue weighted by Gasteiger charge is -2.02. The number of carbonyl (C=O) groups is 2. The Kier molecular flexibility index (Phi) is 4.68. The minimum atomic E-state index is -1.23. The largest absolute Gasteiger partial charge is 0.481 e. The highest BCUT2D eigenvalue weighted by molar-refractivity contribution is 6.35. The van der Waals surface area contributed by atoms with Gasteiger partial charge in [-0.3, -0.25) is 10.2 Å². The number of nitrogens with zero attached hydrogens (tertiary/aromatic N) is 1. The van der Waals surface area contributed by atoms with E-state index in [4.69, 9.17) is 10.2 Å². The molecule has 0 atom stereocenters. The number of nitrogens with one attached hydrogen (secondary N) is 1. The molecule has 1 aromatic rings. The number of carboxylic acid groups (broad SMARTS) is 2. The van der Waals surface area contributed by atoms with Gasteiger partial charge in [0, 0.05) is 6.42 Å². The second-order valence-electron chi connectivity index (χ2n) is 3.24. The summed E-state index contributed by atoms with van der Waals surface area (Å²) in [4.78, 5) is 21.1. The summed E-state index contributed by atoms with van der Waals surface area (Å²) in [5, 5.41) is 20.9. The highest BCUT2D eigenvalue weighted by Gasteiger charge is 2.11. The van der Waals surface area contributed by atoms with Crippen LogP contribution >= 0.6 is 0 Å². The Hall–Kier alpha value is -2.37. The molecule has 1 aromatic carbocycles. The zero-order valence-electron chi connectivity index (χ0n) is 8.96. The minimum absolute atomic E-state index is 0.121. The van der Waals surface area contributed by atoms with Gasteiger partial charge in [-0.15, -0.1) is 0 Å². The summed E-state index contributed by atoms with van der Waals surface area (Å²) < 4.78 is 0. The van der Waals surface area contributed by atoms with Crippen LogP contribution in [0.15, 0.2) is 35.4 Å². The molecule has 0 aliphatic heterocycles. The number of hydrogen-bond acceptors (Lipinski definition) is 4. The molecule has 17 heavy (non-hydrogen) atoms. The van der Waals surface area contributed by atoms with E-state index in [1.54, 1.807) is 24.3 Å². The van der Waals surface area contributed by atoms with Crippen molar-refractivity contribution in [3.05, 3.63) is 30.3 Å². The molecule has 0 amide bonds. The molecule has 0 aromatic heterocycles. The van der Waals surface area contributed by atoms with Crippen molar-refractivity contribution in [3.8, 4) is 0 Å². The normalized spacial score (nSPS) is 10.9. The maximum atomic E-state index is 10.8. The number of benzene rings is 1. The molecule has 0 radical (unpaired) electrons. The molecule has 90 valence electrons. The first kappa shape index (κ1) is 12.7. The van der Waals surface area contributed by atoms with Gasteiger partial charge >= 0.3 is 11.9 Å². The first-order chi connectivity index (χ1) is 8.09. The van der Waals surface area contributed by atoms with Crippen molar-refractivity contribution in [1.29, 1.82) is 0 Å². The second kappa shape index (κ2) is 6.26. The summed E-state index contributed by atoms with van der Waals surface area (Å²) in [5.41, 5.74) is 2.99. The van der Waals surface area contributed by atoms with Crippen molar-refractivity contribution in [3.63, 3.8) is 0 Å². The van der Waals surface area contributed by atoms with Crippen molar-refractivity contribution in [1.82, 2.24) is 0 Å². The van der Waals surface area contributed by atoms with Crippen LogP contribution in [0.25, 0.3) is 0 Å². The molecule has 0 bridgehead atoms. The molecule has 1 rings (SSSR count). The second-order valence-corrected chi connectivity index (χ2v) is 3.24. The fraction of sp³-hybridized carbons (Fsp3) is 0.182. The Morgan fingerprint density at radius 2 is 1.76 bits per heavy atom. The molecule has 0 saturated carbocycles. The van der Waals surface area contributed by atoms with E-state index in [0.717, 1.165) is 0 Å². The van der Waals surface area contributed by atoms with Crippen molar-refractivity contribution >= 4 is 23.3 Å². The molecule has 0 fully saturated rings. The first-order valence-electron chi connectivity index (χ1n) is 4.92. The summed E-state index contributed by atoms with van der Waals surface area (Å²) >= 11 is 0. The number of para-hydroxylation sites is 1. The van der Waals surface area contributed by atoms with Crippen LogP contribution in [0, 0.1) is 0 Å². The van der Waals surface area contributed by atoms with Gasteiger partial charge in [0.25, 0.3) is 0 Å². The lowest BCUT2D eigenvalue weighted by Crippen LogP contribution is -2.16. The summed E-state index contributed by atoms with van der Waals surface area (Å²) in [6.07, 6.45) is -0.383. The maximum Gasteiger partial charge on any atom is 0.352 e. The van der Waals surface area contributed by atoms with Gasteiger partial charge in [-0.2, -0.15) is 5.10 Å². The molecule has 0 spiro atoms. The van der Waals surface area contributed by atoms with Gasteiger partial charge in [0.2, 0.25) is 0 Å². The smallest absolute Gasteiger partial charge is 0.352 e. The van der Waals surface area contributed by atoms with Crippen molar-refractivity contribution in [2.45, 2.75) is 12.8 Å². The lowest BCUT2D eigenvalue weighted by molar-refractivity contribution is -0.136. The van der Waals surface area contributed by atoms with E-state index in [1.165, 1.54) is 0 Å². The van der Waals surface area contributed by atoms with Gasteiger partial charge in [-0.25, -0.2) is 4.79 Å². The average Bonchev–Trinajstić information content (AvgIpc) is 2.29. The van der Waals surface area contributed by atoms with Crippen LogP contribution < -0.4 is 5.43 Å². The molecular formula is C11H12N2O4. The predicted octanol–water partition coefficient (Wildman–Crippen LogP) is 1.40. The van der Waals surface area contributed by atoms with E-state index in [0.29, 0.717) is 5.69 Å². The molecule has 0 aliphatic rings. The molecule has 0 unspecified atom stereocenters. The fourth-order valence-corrected chi connectivity index (χ4v) is 1.08. The third-order valence-corrected chi connectivity index (χ3v) is 1.92. The van der Waals surface area contributed by atoms with E-state index in [1.807, 2.05) is 6.07 Å². The Balaban J connectivity index is 2.64. The van der Waals surface area contributed by atoms with Crippen LogP contribution in [0.1, 0.15) is 12.8 Å². The zero-order chi connectivity index (χ0) is 12.7. The van der Waals surface area contributed by atoms with E-state index >= 15 is 0 Å². The fourth-order valence-electron chi connectivity index (χ4n) is 1.08. The number of anilines is 1. The van der Waals surface area contributed by atoms with Crippen LogP contribution in [0.4, 0.5) is 5.69 Å². The van der Waals surface area contributed by atoms with Crippen LogP contribution in [0.2, 0.25) is 0 Å². The summed E-state index contributed by atoms with van der Waals surface area (Å²) in [6, 6.07) is 8.81. The summed E-state index contributed by atoms with van der Waals surface area (Å²) in [6.45, 7) is 0. The Bertz CT molecular complexity index is 428. The average molecular weight is 236 g/mol. The SMILES string of the molecule is O=C(O)CC/C(=N/Nc1ccccc1)C(=O)O. The topological polar surface area (TPSA) is 99.0 Å². The molecule has 0 aliphatic carbocycles. The number of rotatable bonds is 6. The van der Waals surface area contributed by atoms with Crippen molar-refractivity contribution in [2.24, 2.45) is 5.10 Å². The third kappa shape index (κ3) is 4.78. The monoisotopic (exact) mass is 236 g/mol. The summed E-state index contributed by atoms with van der Waals surface area (Å²) in [5.74, 6) is -2.28. The molecular weight excluding hydrogens is 224 g/mol.